The minimum atomic E-state index is -4.01. The SMILES string of the molecule is CCS(=O)(=O)N[C@@H]1[C@H](Cc2cccc(-c3cccc(F)c3)c2)N(C(=O)C(C)(C)O)CC1(F)F. The zero-order valence-electron chi connectivity index (χ0n) is 18.6. The molecule has 33 heavy (non-hydrogen) atoms. The second-order valence-corrected chi connectivity index (χ2v) is 10.8. The Labute approximate surface area is 191 Å². The maximum absolute atomic E-state index is 15.0. The summed E-state index contributed by atoms with van der Waals surface area (Å²) in [5.74, 6) is -5.30. The largest absolute Gasteiger partial charge is 0.381 e. The summed E-state index contributed by atoms with van der Waals surface area (Å²) >= 11 is 0. The average molecular weight is 485 g/mol. The van der Waals surface area contributed by atoms with E-state index in [4.69, 9.17) is 0 Å². The summed E-state index contributed by atoms with van der Waals surface area (Å²) in [6, 6.07) is 9.54. The molecule has 0 unspecified atom stereocenters. The molecule has 1 amide bonds. The maximum Gasteiger partial charge on any atom is 0.283 e. The van der Waals surface area contributed by atoms with Gasteiger partial charge in [0, 0.05) is 0 Å². The number of amides is 1. The van der Waals surface area contributed by atoms with E-state index in [9.17, 15) is 31.5 Å². The lowest BCUT2D eigenvalue weighted by molar-refractivity contribution is -0.149. The molecule has 0 bridgehead atoms. The van der Waals surface area contributed by atoms with Crippen LogP contribution < -0.4 is 4.72 Å². The predicted molar refractivity (Wildman–Crippen MR) is 119 cm³/mol. The highest BCUT2D eigenvalue weighted by molar-refractivity contribution is 7.89. The number of alkyl halides is 2. The molecule has 2 aromatic carbocycles. The predicted octanol–water partition coefficient (Wildman–Crippen LogP) is 2.96. The van der Waals surface area contributed by atoms with Crippen molar-refractivity contribution in [2.24, 2.45) is 0 Å². The molecular formula is C23H27F3N2O4S. The second-order valence-electron chi connectivity index (χ2n) is 8.73. The number of hydrogen-bond acceptors (Lipinski definition) is 4. The fourth-order valence-corrected chi connectivity index (χ4v) is 4.82. The van der Waals surface area contributed by atoms with E-state index >= 15 is 0 Å². The number of carbonyl (C=O) groups is 1. The third-order valence-electron chi connectivity index (χ3n) is 5.62. The molecule has 2 atom stereocenters. The maximum atomic E-state index is 15.0. The molecular weight excluding hydrogens is 457 g/mol. The number of nitrogens with one attached hydrogen (secondary N) is 1. The van der Waals surface area contributed by atoms with Crippen LogP contribution in [0.4, 0.5) is 13.2 Å². The van der Waals surface area contributed by atoms with Crippen LogP contribution in [0.15, 0.2) is 48.5 Å². The van der Waals surface area contributed by atoms with E-state index in [1.807, 2.05) is 0 Å². The molecule has 0 spiro atoms. The minimum absolute atomic E-state index is 0.0997. The van der Waals surface area contributed by atoms with Crippen LogP contribution in [0.25, 0.3) is 11.1 Å². The molecule has 1 fully saturated rings. The van der Waals surface area contributed by atoms with E-state index in [0.717, 1.165) is 4.90 Å². The van der Waals surface area contributed by atoms with Gasteiger partial charge in [-0.15, -0.1) is 0 Å². The number of nitrogens with zero attached hydrogens (tertiary/aromatic N) is 1. The molecule has 1 saturated heterocycles. The third-order valence-corrected chi connectivity index (χ3v) is 6.99. The van der Waals surface area contributed by atoms with E-state index < -0.39 is 57.7 Å². The van der Waals surface area contributed by atoms with Gasteiger partial charge in [0.05, 0.1) is 18.3 Å². The van der Waals surface area contributed by atoms with Crippen molar-refractivity contribution in [3.63, 3.8) is 0 Å². The molecule has 1 aliphatic heterocycles. The van der Waals surface area contributed by atoms with Crippen molar-refractivity contribution in [3.05, 3.63) is 59.9 Å². The lowest BCUT2D eigenvalue weighted by Crippen LogP contribution is -2.54. The minimum Gasteiger partial charge on any atom is -0.381 e. The Morgan fingerprint density at radius 2 is 1.79 bits per heavy atom. The lowest BCUT2D eigenvalue weighted by Gasteiger charge is -2.31. The highest BCUT2D eigenvalue weighted by Gasteiger charge is 2.58. The van der Waals surface area contributed by atoms with Gasteiger partial charge in [0.2, 0.25) is 10.0 Å². The molecule has 1 heterocycles. The van der Waals surface area contributed by atoms with Crippen LogP contribution >= 0.6 is 0 Å². The Morgan fingerprint density at radius 3 is 2.36 bits per heavy atom. The van der Waals surface area contributed by atoms with Gasteiger partial charge in [-0.1, -0.05) is 36.4 Å². The first-order valence-corrected chi connectivity index (χ1v) is 12.1. The fraction of sp³-hybridized carbons (Fsp3) is 0.435. The van der Waals surface area contributed by atoms with Gasteiger partial charge in [-0.2, -0.15) is 0 Å². The smallest absolute Gasteiger partial charge is 0.283 e. The van der Waals surface area contributed by atoms with E-state index in [2.05, 4.69) is 4.72 Å². The fourth-order valence-electron chi connectivity index (χ4n) is 3.93. The van der Waals surface area contributed by atoms with Crippen LogP contribution in [0, 0.1) is 5.82 Å². The van der Waals surface area contributed by atoms with Gasteiger partial charge in [-0.05, 0) is 56.0 Å². The summed E-state index contributed by atoms with van der Waals surface area (Å²) in [5.41, 5.74) is -0.145. The molecule has 2 aromatic rings. The quantitative estimate of drug-likeness (QED) is 0.633. The Hall–Kier alpha value is -2.43. The molecule has 0 aromatic heterocycles. The van der Waals surface area contributed by atoms with Crippen molar-refractivity contribution < 1.29 is 31.5 Å². The van der Waals surface area contributed by atoms with E-state index in [-0.39, 0.29) is 6.42 Å². The Bertz CT molecular complexity index is 1130. The molecule has 6 nitrogen and oxygen atoms in total. The van der Waals surface area contributed by atoms with Crippen molar-refractivity contribution in [1.82, 2.24) is 9.62 Å². The summed E-state index contributed by atoms with van der Waals surface area (Å²) in [7, 11) is -4.01. The zero-order chi connectivity index (χ0) is 24.6. The summed E-state index contributed by atoms with van der Waals surface area (Å²) in [6.45, 7) is 2.69. The number of benzene rings is 2. The number of rotatable bonds is 7. The Morgan fingerprint density at radius 1 is 1.18 bits per heavy atom. The Balaban J connectivity index is 2.01. The third kappa shape index (κ3) is 5.74. The Kier molecular flexibility index (Phi) is 6.93. The molecule has 0 radical (unpaired) electrons. The number of hydrogen-bond donors (Lipinski definition) is 2. The first-order valence-electron chi connectivity index (χ1n) is 10.5. The normalized spacial score (nSPS) is 20.8. The number of carbonyl (C=O) groups excluding carboxylic acids is 1. The highest BCUT2D eigenvalue weighted by atomic mass is 32.2. The molecule has 1 aliphatic rings. The first-order chi connectivity index (χ1) is 15.2. The number of likely N-dealkylation sites (tertiary alicyclic amines) is 1. The molecule has 3 rings (SSSR count). The standard InChI is InChI=1S/C23H27F3N2O4S/c1-4-33(31,32)27-20-19(28(14-23(20,25)26)21(29)22(2,3)30)12-15-7-5-8-16(11-15)17-9-6-10-18(24)13-17/h5-11,13,19-20,27,30H,4,12,14H2,1-3H3/t19-,20+/m0/s1. The number of halogens is 3. The van der Waals surface area contributed by atoms with Crippen molar-refractivity contribution in [3.8, 4) is 11.1 Å². The molecule has 0 aliphatic carbocycles. The van der Waals surface area contributed by atoms with Gasteiger partial charge in [-0.25, -0.2) is 26.3 Å². The van der Waals surface area contributed by atoms with Gasteiger partial charge in [0.25, 0.3) is 11.8 Å². The lowest BCUT2D eigenvalue weighted by atomic mass is 9.95. The van der Waals surface area contributed by atoms with Crippen molar-refractivity contribution in [2.45, 2.75) is 50.8 Å². The van der Waals surface area contributed by atoms with Crippen LogP contribution in [-0.4, -0.2) is 60.2 Å². The van der Waals surface area contributed by atoms with Crippen LogP contribution in [0.2, 0.25) is 0 Å². The van der Waals surface area contributed by atoms with E-state index in [0.29, 0.717) is 16.7 Å². The van der Waals surface area contributed by atoms with Gasteiger partial charge >= 0.3 is 0 Å². The van der Waals surface area contributed by atoms with Gasteiger partial charge in [-0.3, -0.25) is 4.79 Å². The number of aliphatic hydroxyl groups is 1. The first kappa shape index (κ1) is 25.2. The van der Waals surface area contributed by atoms with Crippen LogP contribution in [0.3, 0.4) is 0 Å². The van der Waals surface area contributed by atoms with Gasteiger partial charge in [0.1, 0.15) is 17.5 Å². The molecule has 180 valence electrons. The summed E-state index contributed by atoms with van der Waals surface area (Å²) in [4.78, 5) is 13.6. The average Bonchev–Trinajstić information content (AvgIpc) is 2.96. The summed E-state index contributed by atoms with van der Waals surface area (Å²) in [6.07, 6.45) is -0.0997. The zero-order valence-corrected chi connectivity index (χ0v) is 19.4. The van der Waals surface area contributed by atoms with Crippen LogP contribution in [-0.2, 0) is 21.2 Å². The van der Waals surface area contributed by atoms with E-state index in [1.165, 1.54) is 32.9 Å². The van der Waals surface area contributed by atoms with Crippen LogP contribution in [0.1, 0.15) is 26.3 Å². The monoisotopic (exact) mass is 484 g/mol. The molecule has 2 N–H and O–H groups in total. The van der Waals surface area contributed by atoms with Crippen molar-refractivity contribution in [1.29, 1.82) is 0 Å². The second kappa shape index (κ2) is 9.08. The highest BCUT2D eigenvalue weighted by Crippen LogP contribution is 2.36. The summed E-state index contributed by atoms with van der Waals surface area (Å²) < 4.78 is 69.9. The van der Waals surface area contributed by atoms with E-state index in [1.54, 1.807) is 36.4 Å². The number of sulfonamides is 1. The van der Waals surface area contributed by atoms with Gasteiger partial charge in [0.15, 0.2) is 0 Å². The topological polar surface area (TPSA) is 86.7 Å². The van der Waals surface area contributed by atoms with Crippen molar-refractivity contribution in [2.75, 3.05) is 12.3 Å². The van der Waals surface area contributed by atoms with Gasteiger partial charge < -0.3 is 10.0 Å². The molecule has 10 heteroatoms. The summed E-state index contributed by atoms with van der Waals surface area (Å²) in [5, 5.41) is 10.2. The van der Waals surface area contributed by atoms with Crippen LogP contribution in [0.5, 0.6) is 0 Å². The molecule has 0 saturated carbocycles. The van der Waals surface area contributed by atoms with Crippen molar-refractivity contribution >= 4 is 15.9 Å².